The lowest BCUT2D eigenvalue weighted by Crippen LogP contribution is -2.34. The fourth-order valence-corrected chi connectivity index (χ4v) is 3.42. The van der Waals surface area contributed by atoms with E-state index >= 15 is 0 Å². The summed E-state index contributed by atoms with van der Waals surface area (Å²) in [6.07, 6.45) is -1.31. The van der Waals surface area contributed by atoms with Crippen molar-refractivity contribution in [2.75, 3.05) is 5.32 Å². The highest BCUT2D eigenvalue weighted by Crippen LogP contribution is 2.25. The summed E-state index contributed by atoms with van der Waals surface area (Å²) in [5, 5.41) is 16.7. The van der Waals surface area contributed by atoms with Gasteiger partial charge in [0, 0.05) is 6.04 Å². The zero-order valence-electron chi connectivity index (χ0n) is 17.4. The van der Waals surface area contributed by atoms with Crippen LogP contribution in [0.5, 0.6) is 0 Å². The van der Waals surface area contributed by atoms with Gasteiger partial charge in [0.05, 0.1) is 33.3 Å². The molecule has 11 heteroatoms. The summed E-state index contributed by atoms with van der Waals surface area (Å²) < 4.78 is 15.5. The van der Waals surface area contributed by atoms with E-state index in [-0.39, 0.29) is 39.2 Å². The molecule has 0 radical (unpaired) electrons. The summed E-state index contributed by atoms with van der Waals surface area (Å²) in [4.78, 5) is 41.1. The standard InChI is InChI=1S/C21H21ClFN5O4/c1-10(2)24-20(30)27-16-9-12(7-8-14(16)23)28-18(11(3)25-21(31)32)26-15-6-4-5-13(22)17(15)19(28)29/h4-11,25H,1-3H3,(H,31,32)(H2,24,27,30). The molecule has 0 aliphatic rings. The third-order valence-corrected chi connectivity index (χ3v) is 4.79. The molecule has 3 aromatic rings. The van der Waals surface area contributed by atoms with Crippen molar-refractivity contribution in [1.29, 1.82) is 0 Å². The minimum Gasteiger partial charge on any atom is -0.465 e. The number of aromatic nitrogens is 2. The highest BCUT2D eigenvalue weighted by Gasteiger charge is 2.21. The maximum atomic E-state index is 14.4. The molecule has 1 heterocycles. The van der Waals surface area contributed by atoms with Crippen molar-refractivity contribution in [3.8, 4) is 5.69 Å². The number of halogens is 2. The van der Waals surface area contributed by atoms with Crippen molar-refractivity contribution in [1.82, 2.24) is 20.2 Å². The van der Waals surface area contributed by atoms with E-state index in [9.17, 15) is 18.8 Å². The van der Waals surface area contributed by atoms with Crippen LogP contribution >= 0.6 is 11.6 Å². The van der Waals surface area contributed by atoms with Crippen LogP contribution in [0, 0.1) is 5.82 Å². The van der Waals surface area contributed by atoms with E-state index in [0.717, 1.165) is 10.6 Å². The van der Waals surface area contributed by atoms with Crippen LogP contribution in [0.15, 0.2) is 41.2 Å². The third-order valence-electron chi connectivity index (χ3n) is 4.48. The van der Waals surface area contributed by atoms with Crippen LogP contribution in [0.2, 0.25) is 5.02 Å². The summed E-state index contributed by atoms with van der Waals surface area (Å²) in [7, 11) is 0. The van der Waals surface area contributed by atoms with Crippen LogP contribution in [0.3, 0.4) is 0 Å². The number of carboxylic acid groups (broad SMARTS) is 1. The number of amides is 3. The molecule has 1 unspecified atom stereocenters. The molecule has 1 atom stereocenters. The number of carbonyl (C=O) groups is 2. The van der Waals surface area contributed by atoms with Gasteiger partial charge in [-0.1, -0.05) is 17.7 Å². The number of hydrogen-bond acceptors (Lipinski definition) is 4. The molecule has 4 N–H and O–H groups in total. The van der Waals surface area contributed by atoms with Gasteiger partial charge in [-0.3, -0.25) is 9.36 Å². The summed E-state index contributed by atoms with van der Waals surface area (Å²) in [5.74, 6) is -0.651. The molecule has 0 bridgehead atoms. The van der Waals surface area contributed by atoms with E-state index in [1.807, 2.05) is 0 Å². The number of nitrogens with zero attached hydrogens (tertiary/aromatic N) is 2. The Morgan fingerprint density at radius 1 is 1.16 bits per heavy atom. The largest absolute Gasteiger partial charge is 0.465 e. The number of urea groups is 1. The molecular formula is C21H21ClFN5O4. The van der Waals surface area contributed by atoms with Crippen LogP contribution in [-0.4, -0.2) is 32.8 Å². The molecule has 3 rings (SSSR count). The van der Waals surface area contributed by atoms with Gasteiger partial charge in [0.15, 0.2) is 0 Å². The average molecular weight is 462 g/mol. The first kappa shape index (κ1) is 23.0. The number of nitrogens with one attached hydrogen (secondary N) is 3. The van der Waals surface area contributed by atoms with Crippen molar-refractivity contribution >= 4 is 40.3 Å². The van der Waals surface area contributed by atoms with E-state index in [0.29, 0.717) is 0 Å². The first-order valence-electron chi connectivity index (χ1n) is 9.66. The maximum Gasteiger partial charge on any atom is 0.405 e. The number of anilines is 1. The zero-order chi connectivity index (χ0) is 23.6. The second kappa shape index (κ2) is 9.23. The number of benzene rings is 2. The van der Waals surface area contributed by atoms with Crippen LogP contribution < -0.4 is 21.5 Å². The van der Waals surface area contributed by atoms with Gasteiger partial charge in [-0.2, -0.15) is 0 Å². The minimum absolute atomic E-state index is 0.0661. The fourth-order valence-electron chi connectivity index (χ4n) is 3.17. The molecular weight excluding hydrogens is 441 g/mol. The van der Waals surface area contributed by atoms with E-state index in [4.69, 9.17) is 16.7 Å². The smallest absolute Gasteiger partial charge is 0.405 e. The Labute approximate surface area is 187 Å². The van der Waals surface area contributed by atoms with Gasteiger partial charge in [0.1, 0.15) is 11.6 Å². The SMILES string of the molecule is CC(C)NC(=O)Nc1cc(-n2c(C(C)NC(=O)O)nc3cccc(Cl)c3c2=O)ccc1F. The van der Waals surface area contributed by atoms with Crippen molar-refractivity contribution in [3.05, 3.63) is 63.4 Å². The lowest BCUT2D eigenvalue weighted by molar-refractivity contribution is 0.190. The molecule has 0 aliphatic carbocycles. The minimum atomic E-state index is -1.31. The van der Waals surface area contributed by atoms with Crippen LogP contribution in [-0.2, 0) is 0 Å². The second-order valence-electron chi connectivity index (χ2n) is 7.33. The Balaban J connectivity index is 2.23. The Morgan fingerprint density at radius 3 is 2.53 bits per heavy atom. The Morgan fingerprint density at radius 2 is 1.88 bits per heavy atom. The summed E-state index contributed by atoms with van der Waals surface area (Å²) in [6.45, 7) is 5.01. The van der Waals surface area contributed by atoms with Crippen LogP contribution in [0.4, 0.5) is 19.7 Å². The van der Waals surface area contributed by atoms with Crippen LogP contribution in [0.1, 0.15) is 32.6 Å². The maximum absolute atomic E-state index is 14.4. The molecule has 3 amide bonds. The highest BCUT2D eigenvalue weighted by molar-refractivity contribution is 6.35. The van der Waals surface area contributed by atoms with Gasteiger partial charge >= 0.3 is 12.1 Å². The molecule has 2 aromatic carbocycles. The van der Waals surface area contributed by atoms with Gasteiger partial charge < -0.3 is 21.1 Å². The molecule has 0 spiro atoms. The second-order valence-corrected chi connectivity index (χ2v) is 7.74. The lowest BCUT2D eigenvalue weighted by Gasteiger charge is -2.19. The van der Waals surface area contributed by atoms with E-state index in [2.05, 4.69) is 20.9 Å². The van der Waals surface area contributed by atoms with E-state index in [1.165, 1.54) is 25.1 Å². The first-order valence-corrected chi connectivity index (χ1v) is 10.0. The summed E-state index contributed by atoms with van der Waals surface area (Å²) >= 11 is 6.22. The van der Waals surface area contributed by atoms with Gasteiger partial charge in [-0.05, 0) is 51.1 Å². The molecule has 0 aliphatic heterocycles. The average Bonchev–Trinajstić information content (AvgIpc) is 2.68. The number of hydrogen-bond donors (Lipinski definition) is 4. The van der Waals surface area contributed by atoms with Gasteiger partial charge in [-0.25, -0.2) is 19.0 Å². The summed E-state index contributed by atoms with van der Waals surface area (Å²) in [5.41, 5.74) is -0.292. The predicted octanol–water partition coefficient (Wildman–Crippen LogP) is 4.04. The van der Waals surface area contributed by atoms with Crippen LogP contribution in [0.25, 0.3) is 16.6 Å². The Hall–Kier alpha value is -3.66. The molecule has 0 saturated carbocycles. The third kappa shape index (κ3) is 4.80. The fraction of sp³-hybridized carbons (Fsp3) is 0.238. The van der Waals surface area contributed by atoms with Crippen molar-refractivity contribution in [3.63, 3.8) is 0 Å². The quantitative estimate of drug-likeness (QED) is 0.456. The first-order chi connectivity index (χ1) is 15.1. The van der Waals surface area contributed by atoms with Crippen molar-refractivity contribution in [2.45, 2.75) is 32.9 Å². The Kier molecular flexibility index (Phi) is 6.64. The predicted molar refractivity (Wildman–Crippen MR) is 119 cm³/mol. The van der Waals surface area contributed by atoms with Crippen molar-refractivity contribution in [2.24, 2.45) is 0 Å². The molecule has 0 saturated heterocycles. The van der Waals surface area contributed by atoms with E-state index in [1.54, 1.807) is 26.0 Å². The monoisotopic (exact) mass is 461 g/mol. The van der Waals surface area contributed by atoms with Gasteiger partial charge in [0.2, 0.25) is 0 Å². The lowest BCUT2D eigenvalue weighted by atomic mass is 10.2. The topological polar surface area (TPSA) is 125 Å². The number of rotatable bonds is 5. The molecule has 1 aromatic heterocycles. The normalized spacial score (nSPS) is 11.9. The van der Waals surface area contributed by atoms with Gasteiger partial charge in [0.25, 0.3) is 5.56 Å². The number of carbonyl (C=O) groups excluding carboxylic acids is 1. The van der Waals surface area contributed by atoms with Crippen molar-refractivity contribution < 1.29 is 19.1 Å². The highest BCUT2D eigenvalue weighted by atomic mass is 35.5. The molecule has 9 nitrogen and oxygen atoms in total. The molecule has 0 fully saturated rings. The van der Waals surface area contributed by atoms with E-state index < -0.39 is 29.5 Å². The Bertz CT molecular complexity index is 1260. The summed E-state index contributed by atoms with van der Waals surface area (Å²) in [6, 6.07) is 6.71. The van der Waals surface area contributed by atoms with Gasteiger partial charge in [-0.15, -0.1) is 0 Å². The zero-order valence-corrected chi connectivity index (χ0v) is 18.2. The molecule has 32 heavy (non-hydrogen) atoms. The number of fused-ring (bicyclic) bond motifs is 1. The molecule has 168 valence electrons.